The summed E-state index contributed by atoms with van der Waals surface area (Å²) in [5.41, 5.74) is 8.07. The van der Waals surface area contributed by atoms with Crippen molar-refractivity contribution in [3.63, 3.8) is 0 Å². The highest BCUT2D eigenvalue weighted by atomic mass is 35.5. The van der Waals surface area contributed by atoms with E-state index in [1.807, 2.05) is 19.1 Å². The average molecular weight is 265 g/mol. The molecule has 0 bridgehead atoms. The van der Waals surface area contributed by atoms with E-state index in [0.29, 0.717) is 16.5 Å². The van der Waals surface area contributed by atoms with Crippen LogP contribution in [0.4, 0.5) is 5.88 Å². The summed E-state index contributed by atoms with van der Waals surface area (Å²) in [7, 11) is 0. The summed E-state index contributed by atoms with van der Waals surface area (Å²) in [6.07, 6.45) is 2.42. The molecule has 1 aromatic heterocycles. The largest absolute Gasteiger partial charge is 0.488 e. The molecule has 0 radical (unpaired) electrons. The number of hydrogen-bond donors (Lipinski definition) is 1. The molecule has 2 aromatic rings. The fourth-order valence-electron chi connectivity index (χ4n) is 1.81. The fourth-order valence-corrected chi connectivity index (χ4v) is 2.13. The zero-order valence-electron chi connectivity index (χ0n) is 9.94. The van der Waals surface area contributed by atoms with Crippen molar-refractivity contribution < 1.29 is 9.26 Å². The summed E-state index contributed by atoms with van der Waals surface area (Å²) in [5, 5.41) is 4.51. The van der Waals surface area contributed by atoms with Crippen LogP contribution < -0.4 is 10.5 Å². The topological polar surface area (TPSA) is 61.3 Å². The first-order chi connectivity index (χ1) is 8.63. The smallest absolute Gasteiger partial charge is 0.222 e. The maximum atomic E-state index is 6.25. The minimum Gasteiger partial charge on any atom is -0.488 e. The molecule has 1 aliphatic carbocycles. The first-order valence-electron chi connectivity index (χ1n) is 5.83. The molecule has 0 aliphatic heterocycles. The summed E-state index contributed by atoms with van der Waals surface area (Å²) in [6.45, 7) is 1.97. The molecule has 0 spiro atoms. The van der Waals surface area contributed by atoms with Gasteiger partial charge in [0, 0.05) is 11.6 Å². The van der Waals surface area contributed by atoms with E-state index >= 15 is 0 Å². The lowest BCUT2D eigenvalue weighted by Crippen LogP contribution is -1.99. The van der Waals surface area contributed by atoms with E-state index in [-0.39, 0.29) is 12.0 Å². The fraction of sp³-hybridized carbons (Fsp3) is 0.308. The molecule has 5 heteroatoms. The number of nitrogens with two attached hydrogens (primary N) is 1. The number of benzene rings is 1. The van der Waals surface area contributed by atoms with Crippen LogP contribution in [0.5, 0.6) is 5.75 Å². The van der Waals surface area contributed by atoms with E-state index in [4.69, 9.17) is 26.6 Å². The number of hydrogen-bond acceptors (Lipinski definition) is 4. The summed E-state index contributed by atoms with van der Waals surface area (Å²) >= 11 is 6.25. The minimum atomic E-state index is 0.271. The molecule has 1 saturated carbocycles. The summed E-state index contributed by atoms with van der Waals surface area (Å²) < 4.78 is 10.8. The van der Waals surface area contributed by atoms with Crippen LogP contribution in [0, 0.1) is 6.92 Å². The van der Waals surface area contributed by atoms with Gasteiger partial charge >= 0.3 is 0 Å². The van der Waals surface area contributed by atoms with Crippen molar-refractivity contribution in [2.45, 2.75) is 25.9 Å². The van der Waals surface area contributed by atoms with Crippen molar-refractivity contribution in [2.24, 2.45) is 0 Å². The van der Waals surface area contributed by atoms with Crippen molar-refractivity contribution in [2.75, 3.05) is 5.73 Å². The average Bonchev–Trinajstić information content (AvgIpc) is 3.03. The lowest BCUT2D eigenvalue weighted by molar-refractivity contribution is 0.304. The SMILES string of the molecule is Cc1cc(Cl)c(OC2CC2)c(-c2cc(N)on2)c1. The van der Waals surface area contributed by atoms with E-state index < -0.39 is 0 Å². The van der Waals surface area contributed by atoms with Crippen LogP contribution in [0.1, 0.15) is 18.4 Å². The Balaban J connectivity index is 2.09. The predicted molar refractivity (Wildman–Crippen MR) is 69.7 cm³/mol. The molecule has 2 N–H and O–H groups in total. The Kier molecular flexibility index (Phi) is 2.67. The standard InChI is InChI=1S/C13H13ClN2O2/c1-7-4-9(11-6-12(15)18-16-11)13(10(14)5-7)17-8-2-3-8/h4-6,8H,2-3,15H2,1H3. The molecule has 1 aromatic carbocycles. The Labute approximate surface area is 110 Å². The van der Waals surface area contributed by atoms with Crippen molar-refractivity contribution in [1.82, 2.24) is 5.16 Å². The monoisotopic (exact) mass is 264 g/mol. The van der Waals surface area contributed by atoms with Crippen LogP contribution in [0.2, 0.25) is 5.02 Å². The van der Waals surface area contributed by atoms with Gasteiger partial charge in [0.15, 0.2) is 0 Å². The van der Waals surface area contributed by atoms with Crippen LogP contribution in [0.15, 0.2) is 22.7 Å². The van der Waals surface area contributed by atoms with Gasteiger partial charge in [-0.3, -0.25) is 0 Å². The number of aromatic nitrogens is 1. The second-order valence-corrected chi connectivity index (χ2v) is 4.96. The van der Waals surface area contributed by atoms with E-state index in [9.17, 15) is 0 Å². The minimum absolute atomic E-state index is 0.271. The normalized spacial score (nSPS) is 14.8. The van der Waals surface area contributed by atoms with Crippen LogP contribution in [-0.2, 0) is 0 Å². The molecule has 18 heavy (non-hydrogen) atoms. The van der Waals surface area contributed by atoms with Gasteiger partial charge < -0.3 is 15.0 Å². The molecule has 0 atom stereocenters. The predicted octanol–water partition coefficient (Wildman–Crippen LogP) is 3.43. The highest BCUT2D eigenvalue weighted by Crippen LogP contribution is 2.40. The van der Waals surface area contributed by atoms with Crippen LogP contribution in [0.25, 0.3) is 11.3 Å². The number of nitrogens with zero attached hydrogens (tertiary/aromatic N) is 1. The maximum Gasteiger partial charge on any atom is 0.222 e. The third kappa shape index (κ3) is 2.16. The van der Waals surface area contributed by atoms with Crippen molar-refractivity contribution in [3.05, 3.63) is 28.8 Å². The number of ether oxygens (including phenoxy) is 1. The molecule has 94 valence electrons. The Morgan fingerprint density at radius 3 is 2.78 bits per heavy atom. The van der Waals surface area contributed by atoms with Gasteiger partial charge in [-0.2, -0.15) is 0 Å². The lowest BCUT2D eigenvalue weighted by atomic mass is 10.1. The number of rotatable bonds is 3. The zero-order chi connectivity index (χ0) is 12.7. The van der Waals surface area contributed by atoms with Crippen molar-refractivity contribution >= 4 is 17.5 Å². The highest BCUT2D eigenvalue weighted by molar-refractivity contribution is 6.32. The molecule has 1 aliphatic rings. The molecule has 3 rings (SSSR count). The van der Waals surface area contributed by atoms with E-state index in [2.05, 4.69) is 5.16 Å². The lowest BCUT2D eigenvalue weighted by Gasteiger charge is -2.12. The van der Waals surface area contributed by atoms with Gasteiger partial charge in [0.25, 0.3) is 0 Å². The second kappa shape index (κ2) is 4.21. The van der Waals surface area contributed by atoms with Crippen LogP contribution in [0.3, 0.4) is 0 Å². The van der Waals surface area contributed by atoms with Crippen molar-refractivity contribution in [1.29, 1.82) is 0 Å². The summed E-state index contributed by atoms with van der Waals surface area (Å²) in [5.74, 6) is 0.943. The van der Waals surface area contributed by atoms with E-state index in [1.165, 1.54) is 0 Å². The van der Waals surface area contributed by atoms with Gasteiger partial charge in [0.1, 0.15) is 11.4 Å². The third-order valence-electron chi connectivity index (χ3n) is 2.80. The molecule has 0 unspecified atom stereocenters. The van der Waals surface area contributed by atoms with E-state index in [1.54, 1.807) is 6.07 Å². The third-order valence-corrected chi connectivity index (χ3v) is 3.08. The number of nitrogen functional groups attached to an aromatic ring is 1. The van der Waals surface area contributed by atoms with Crippen molar-refractivity contribution in [3.8, 4) is 17.0 Å². The Bertz CT molecular complexity index is 591. The molecular weight excluding hydrogens is 252 g/mol. The van der Waals surface area contributed by atoms with Gasteiger partial charge in [0.2, 0.25) is 5.88 Å². The first kappa shape index (κ1) is 11.4. The van der Waals surface area contributed by atoms with Gasteiger partial charge in [0.05, 0.1) is 11.1 Å². The highest BCUT2D eigenvalue weighted by Gasteiger charge is 2.26. The van der Waals surface area contributed by atoms with Crippen LogP contribution in [-0.4, -0.2) is 11.3 Å². The van der Waals surface area contributed by atoms with Gasteiger partial charge in [-0.05, 0) is 37.5 Å². The molecule has 4 nitrogen and oxygen atoms in total. The Hall–Kier alpha value is -1.68. The molecule has 1 fully saturated rings. The number of aryl methyl sites for hydroxylation is 1. The van der Waals surface area contributed by atoms with E-state index in [0.717, 1.165) is 24.0 Å². The zero-order valence-corrected chi connectivity index (χ0v) is 10.7. The Morgan fingerprint density at radius 2 is 2.17 bits per heavy atom. The van der Waals surface area contributed by atoms with Gasteiger partial charge in [-0.25, -0.2) is 0 Å². The maximum absolute atomic E-state index is 6.25. The summed E-state index contributed by atoms with van der Waals surface area (Å²) in [6, 6.07) is 5.53. The first-order valence-corrected chi connectivity index (χ1v) is 6.20. The number of halogens is 1. The molecule has 0 amide bonds. The quantitative estimate of drug-likeness (QED) is 0.923. The molecule has 1 heterocycles. The molecular formula is C13H13ClN2O2. The second-order valence-electron chi connectivity index (χ2n) is 4.56. The van der Waals surface area contributed by atoms with Gasteiger partial charge in [-0.15, -0.1) is 0 Å². The molecule has 0 saturated heterocycles. The van der Waals surface area contributed by atoms with Gasteiger partial charge in [-0.1, -0.05) is 16.8 Å². The summed E-state index contributed by atoms with van der Waals surface area (Å²) in [4.78, 5) is 0. The Morgan fingerprint density at radius 1 is 1.39 bits per heavy atom. The number of anilines is 1. The van der Waals surface area contributed by atoms with Crippen LogP contribution >= 0.6 is 11.6 Å².